The highest BCUT2D eigenvalue weighted by molar-refractivity contribution is 5.94. The van der Waals surface area contributed by atoms with Crippen molar-refractivity contribution in [2.75, 3.05) is 53.7 Å². The number of rotatable bonds is 19. The first kappa shape index (κ1) is 37.8. The average molecular weight is 727 g/mol. The molecule has 0 saturated carbocycles. The van der Waals surface area contributed by atoms with E-state index < -0.39 is 0 Å². The summed E-state index contributed by atoms with van der Waals surface area (Å²) in [5.41, 5.74) is 12.7. The van der Waals surface area contributed by atoms with Gasteiger partial charge in [0.25, 0.3) is 5.91 Å². The molecule has 6 aromatic rings. The number of ether oxygens (including phenoxy) is 5. The Morgan fingerprint density at radius 2 is 1.24 bits per heavy atom. The summed E-state index contributed by atoms with van der Waals surface area (Å²) < 4.78 is 30.1. The molecule has 0 saturated heterocycles. The quantitative estimate of drug-likeness (QED) is 0.0839. The minimum absolute atomic E-state index is 0.164. The molecular formula is C44H46N4O6. The molecule has 1 heterocycles. The molecule has 0 radical (unpaired) electrons. The number of hydrogen-bond acceptors (Lipinski definition) is 8. The lowest BCUT2D eigenvalue weighted by Crippen LogP contribution is -2.27. The van der Waals surface area contributed by atoms with E-state index >= 15 is 0 Å². The molecule has 0 aliphatic heterocycles. The first-order valence-electron chi connectivity index (χ1n) is 18.0. The third-order valence-corrected chi connectivity index (χ3v) is 8.78. The number of methoxy groups -OCH3 is 2. The van der Waals surface area contributed by atoms with Crippen LogP contribution in [0.3, 0.4) is 0 Å². The number of hydrogen-bond donors (Lipinski definition) is 2. The lowest BCUT2D eigenvalue weighted by molar-refractivity contribution is 0.0511. The van der Waals surface area contributed by atoms with E-state index in [1.54, 1.807) is 14.2 Å². The molecule has 5 aromatic carbocycles. The summed E-state index contributed by atoms with van der Waals surface area (Å²) in [6, 6.07) is 41.7. The highest BCUT2D eigenvalue weighted by atomic mass is 16.5. The fourth-order valence-corrected chi connectivity index (χ4v) is 5.95. The number of carbonyl (C=O) groups is 1. The van der Waals surface area contributed by atoms with Gasteiger partial charge in [0, 0.05) is 41.9 Å². The Kier molecular flexibility index (Phi) is 13.5. The minimum atomic E-state index is -0.164. The topological polar surface area (TPSA) is 119 Å². The molecule has 10 nitrogen and oxygen atoms in total. The first-order chi connectivity index (χ1) is 26.6. The van der Waals surface area contributed by atoms with E-state index in [0.29, 0.717) is 58.2 Å². The summed E-state index contributed by atoms with van der Waals surface area (Å²) in [5, 5.41) is 2.92. The Hall–Kier alpha value is -5.94. The first-order valence-corrected chi connectivity index (χ1v) is 18.0. The van der Waals surface area contributed by atoms with Crippen LogP contribution >= 0.6 is 0 Å². The zero-order chi connectivity index (χ0) is 37.5. The van der Waals surface area contributed by atoms with Crippen molar-refractivity contribution in [3.05, 3.63) is 144 Å². The van der Waals surface area contributed by atoms with Crippen molar-refractivity contribution >= 4 is 5.91 Å². The smallest absolute Gasteiger partial charge is 0.251 e. The Balaban J connectivity index is 1.30. The second-order valence-corrected chi connectivity index (χ2v) is 12.4. The SMILES string of the molecule is COc1ccc(-c2nc(-c3ccc(OCc4ccccc4)cc3)n(Cc3ccc(C(=O)NCCOCCOCCN)cc3)c2-c2ccc(OC)cc2)cc1. The monoisotopic (exact) mass is 726 g/mol. The van der Waals surface area contributed by atoms with Gasteiger partial charge in [-0.15, -0.1) is 0 Å². The summed E-state index contributed by atoms with van der Waals surface area (Å²) in [7, 11) is 3.32. The number of benzene rings is 5. The summed E-state index contributed by atoms with van der Waals surface area (Å²) in [6.45, 7) is 3.66. The van der Waals surface area contributed by atoms with Gasteiger partial charge in [0.1, 0.15) is 29.7 Å². The number of carbonyl (C=O) groups excluding carboxylic acids is 1. The predicted molar refractivity (Wildman–Crippen MR) is 211 cm³/mol. The van der Waals surface area contributed by atoms with Crippen LogP contribution in [0.15, 0.2) is 127 Å². The van der Waals surface area contributed by atoms with E-state index in [-0.39, 0.29) is 5.91 Å². The van der Waals surface area contributed by atoms with Gasteiger partial charge in [-0.25, -0.2) is 4.98 Å². The highest BCUT2D eigenvalue weighted by Gasteiger charge is 2.22. The number of nitrogens with two attached hydrogens (primary N) is 1. The van der Waals surface area contributed by atoms with Crippen LogP contribution in [0.25, 0.3) is 33.9 Å². The molecule has 1 aromatic heterocycles. The summed E-state index contributed by atoms with van der Waals surface area (Å²) in [5.74, 6) is 2.92. The van der Waals surface area contributed by atoms with Crippen LogP contribution in [0.1, 0.15) is 21.5 Å². The van der Waals surface area contributed by atoms with Crippen molar-refractivity contribution in [3.8, 4) is 51.2 Å². The van der Waals surface area contributed by atoms with E-state index in [4.69, 9.17) is 34.4 Å². The molecule has 0 unspecified atom stereocenters. The van der Waals surface area contributed by atoms with Crippen LogP contribution in [0.4, 0.5) is 0 Å². The van der Waals surface area contributed by atoms with Crippen molar-refractivity contribution < 1.29 is 28.5 Å². The van der Waals surface area contributed by atoms with Gasteiger partial charge in [-0.2, -0.15) is 0 Å². The molecule has 10 heteroatoms. The molecule has 0 bridgehead atoms. The maximum Gasteiger partial charge on any atom is 0.251 e. The van der Waals surface area contributed by atoms with Crippen molar-refractivity contribution in [2.45, 2.75) is 13.2 Å². The number of nitrogens with zero attached hydrogens (tertiary/aromatic N) is 2. The van der Waals surface area contributed by atoms with Crippen molar-refractivity contribution in [1.82, 2.24) is 14.9 Å². The van der Waals surface area contributed by atoms with Crippen LogP contribution in [-0.2, 0) is 22.6 Å². The van der Waals surface area contributed by atoms with Crippen LogP contribution in [-0.4, -0.2) is 69.2 Å². The molecule has 6 rings (SSSR count). The van der Waals surface area contributed by atoms with Gasteiger partial charge < -0.3 is 39.3 Å². The van der Waals surface area contributed by atoms with Crippen LogP contribution in [0.5, 0.6) is 17.2 Å². The summed E-state index contributed by atoms with van der Waals surface area (Å²) >= 11 is 0. The van der Waals surface area contributed by atoms with Crippen LogP contribution in [0.2, 0.25) is 0 Å². The molecule has 0 fully saturated rings. The second-order valence-electron chi connectivity index (χ2n) is 12.4. The van der Waals surface area contributed by atoms with Gasteiger partial charge in [0.2, 0.25) is 0 Å². The zero-order valence-electron chi connectivity index (χ0n) is 30.7. The van der Waals surface area contributed by atoms with Gasteiger partial charge in [-0.3, -0.25) is 4.79 Å². The van der Waals surface area contributed by atoms with E-state index in [1.165, 1.54) is 0 Å². The molecule has 0 aliphatic carbocycles. The zero-order valence-corrected chi connectivity index (χ0v) is 30.7. The van der Waals surface area contributed by atoms with E-state index in [1.807, 2.05) is 127 Å². The van der Waals surface area contributed by atoms with E-state index in [9.17, 15) is 4.79 Å². The van der Waals surface area contributed by atoms with Crippen LogP contribution < -0.4 is 25.3 Å². The third-order valence-electron chi connectivity index (χ3n) is 8.78. The fourth-order valence-electron chi connectivity index (χ4n) is 5.95. The lowest BCUT2D eigenvalue weighted by atomic mass is 10.0. The Labute approximate surface area is 316 Å². The third kappa shape index (κ3) is 9.93. The maximum atomic E-state index is 12.9. The number of imidazole rings is 1. The fraction of sp³-hybridized carbons (Fsp3) is 0.227. The molecule has 0 atom stereocenters. The summed E-state index contributed by atoms with van der Waals surface area (Å²) in [6.07, 6.45) is 0. The Morgan fingerprint density at radius 3 is 1.87 bits per heavy atom. The van der Waals surface area contributed by atoms with Gasteiger partial charge in [-0.05, 0) is 96.1 Å². The molecule has 54 heavy (non-hydrogen) atoms. The van der Waals surface area contributed by atoms with E-state index in [2.05, 4.69) is 9.88 Å². The highest BCUT2D eigenvalue weighted by Crippen LogP contribution is 2.38. The Bertz CT molecular complexity index is 2050. The largest absolute Gasteiger partial charge is 0.497 e. The normalized spacial score (nSPS) is 10.9. The molecule has 1 amide bonds. The second kappa shape index (κ2) is 19.2. The Morgan fingerprint density at radius 1 is 0.648 bits per heavy atom. The van der Waals surface area contributed by atoms with Gasteiger partial charge in [-0.1, -0.05) is 42.5 Å². The van der Waals surface area contributed by atoms with E-state index in [0.717, 1.165) is 62.3 Å². The van der Waals surface area contributed by atoms with Crippen molar-refractivity contribution in [2.24, 2.45) is 5.73 Å². The maximum absolute atomic E-state index is 12.9. The molecule has 278 valence electrons. The van der Waals surface area contributed by atoms with Gasteiger partial charge in [0.15, 0.2) is 0 Å². The lowest BCUT2D eigenvalue weighted by Gasteiger charge is -2.15. The van der Waals surface area contributed by atoms with Crippen molar-refractivity contribution in [3.63, 3.8) is 0 Å². The molecular weight excluding hydrogens is 681 g/mol. The molecule has 0 aliphatic rings. The number of nitrogens with one attached hydrogen (secondary N) is 1. The number of aromatic nitrogens is 2. The van der Waals surface area contributed by atoms with Crippen LogP contribution in [0, 0.1) is 0 Å². The predicted octanol–water partition coefficient (Wildman–Crippen LogP) is 7.25. The van der Waals surface area contributed by atoms with Crippen molar-refractivity contribution in [1.29, 1.82) is 0 Å². The standard InChI is InChI=1S/C44H46N4O6/c1-50-38-18-12-34(13-19-38)41-42(35-14-20-39(51-2)21-15-35)48(43(47-41)36-16-22-40(23-17-36)54-31-33-6-4-3-5-7-33)30-32-8-10-37(11-9-32)44(49)46-25-27-53-29-28-52-26-24-45/h3-23H,24-31,45H2,1-2H3,(H,46,49). The van der Waals surface area contributed by atoms with Gasteiger partial charge in [0.05, 0.1) is 52.0 Å². The van der Waals surface area contributed by atoms with Gasteiger partial charge >= 0.3 is 0 Å². The summed E-state index contributed by atoms with van der Waals surface area (Å²) in [4.78, 5) is 18.3. The average Bonchev–Trinajstić information content (AvgIpc) is 3.60. The molecule has 3 N–H and O–H groups in total. The number of amides is 1. The minimum Gasteiger partial charge on any atom is -0.497 e. The molecule has 0 spiro atoms.